The lowest BCUT2D eigenvalue weighted by molar-refractivity contribution is 0.0877. The van der Waals surface area contributed by atoms with Crippen LogP contribution in [0.5, 0.6) is 0 Å². The largest absolute Gasteiger partial charge is 0.356 e. The van der Waals surface area contributed by atoms with Crippen molar-refractivity contribution < 1.29 is 4.79 Å². The number of hydrogen-bond donors (Lipinski definition) is 2. The van der Waals surface area contributed by atoms with Crippen LogP contribution in [0.2, 0.25) is 0 Å². The predicted molar refractivity (Wildman–Crippen MR) is 74.7 cm³/mol. The molecule has 0 aromatic carbocycles. The summed E-state index contributed by atoms with van der Waals surface area (Å²) in [6.07, 6.45) is 1.76. The molecule has 0 bridgehead atoms. The molecule has 1 amide bonds. The molecule has 18 heavy (non-hydrogen) atoms. The summed E-state index contributed by atoms with van der Waals surface area (Å²) in [6, 6.07) is 2.16. The number of nitrogens with zero attached hydrogens (tertiary/aromatic N) is 2. The molecule has 100 valence electrons. The van der Waals surface area contributed by atoms with E-state index in [2.05, 4.69) is 50.1 Å². The number of hydrogen-bond acceptors (Lipinski definition) is 3. The average molecular weight is 315 g/mol. The summed E-state index contributed by atoms with van der Waals surface area (Å²) in [4.78, 5) is 19.4. The number of H-pyrrole nitrogens is 1. The molecule has 1 fully saturated rings. The van der Waals surface area contributed by atoms with E-state index < -0.39 is 0 Å². The second-order valence-corrected chi connectivity index (χ2v) is 5.75. The van der Waals surface area contributed by atoms with Crippen molar-refractivity contribution in [3.05, 3.63) is 22.4 Å². The molecule has 1 unspecified atom stereocenters. The van der Waals surface area contributed by atoms with Crippen molar-refractivity contribution in [1.29, 1.82) is 0 Å². The summed E-state index contributed by atoms with van der Waals surface area (Å²) < 4.78 is 0.891. The van der Waals surface area contributed by atoms with Gasteiger partial charge in [-0.2, -0.15) is 0 Å². The van der Waals surface area contributed by atoms with E-state index in [4.69, 9.17) is 0 Å². The zero-order valence-electron chi connectivity index (χ0n) is 10.7. The Hall–Kier alpha value is -0.850. The minimum absolute atomic E-state index is 0.0534. The number of rotatable bonds is 3. The number of aromatic nitrogens is 1. The maximum absolute atomic E-state index is 11.9. The molecule has 5 nitrogen and oxygen atoms in total. The monoisotopic (exact) mass is 314 g/mol. The van der Waals surface area contributed by atoms with Crippen LogP contribution in [-0.2, 0) is 0 Å². The van der Waals surface area contributed by atoms with E-state index in [-0.39, 0.29) is 5.91 Å². The Morgan fingerprint density at radius 3 is 3.00 bits per heavy atom. The van der Waals surface area contributed by atoms with Crippen molar-refractivity contribution in [2.75, 3.05) is 40.3 Å². The van der Waals surface area contributed by atoms with Crippen molar-refractivity contribution in [1.82, 2.24) is 20.1 Å². The van der Waals surface area contributed by atoms with Crippen LogP contribution in [0.1, 0.15) is 10.5 Å². The number of carbonyl (C=O) groups is 1. The molecule has 1 atom stereocenters. The molecule has 1 aliphatic heterocycles. The third kappa shape index (κ3) is 3.34. The molecule has 0 spiro atoms. The van der Waals surface area contributed by atoms with E-state index in [1.54, 1.807) is 12.3 Å². The molecule has 1 aliphatic rings. The Morgan fingerprint density at radius 2 is 2.33 bits per heavy atom. The lowest BCUT2D eigenvalue weighted by Crippen LogP contribution is -2.54. The van der Waals surface area contributed by atoms with Gasteiger partial charge in [-0.15, -0.1) is 0 Å². The zero-order valence-corrected chi connectivity index (χ0v) is 12.3. The number of likely N-dealkylation sites (N-methyl/N-ethyl adjacent to an activating group) is 2. The highest BCUT2D eigenvalue weighted by molar-refractivity contribution is 9.10. The Balaban J connectivity index is 1.85. The molecule has 6 heteroatoms. The molecule has 2 rings (SSSR count). The van der Waals surface area contributed by atoms with Gasteiger partial charge in [0.2, 0.25) is 0 Å². The first-order chi connectivity index (χ1) is 8.56. The third-order valence-electron chi connectivity index (χ3n) is 3.37. The van der Waals surface area contributed by atoms with Crippen LogP contribution in [-0.4, -0.2) is 67.0 Å². The van der Waals surface area contributed by atoms with Crippen molar-refractivity contribution >= 4 is 21.8 Å². The van der Waals surface area contributed by atoms with E-state index in [1.165, 1.54) is 0 Å². The number of halogens is 1. The van der Waals surface area contributed by atoms with Gasteiger partial charge in [0.05, 0.1) is 0 Å². The van der Waals surface area contributed by atoms with Gasteiger partial charge in [0.15, 0.2) is 0 Å². The van der Waals surface area contributed by atoms with E-state index in [0.29, 0.717) is 18.3 Å². The summed E-state index contributed by atoms with van der Waals surface area (Å²) in [5.41, 5.74) is 0.591. The van der Waals surface area contributed by atoms with Crippen molar-refractivity contribution in [3.63, 3.8) is 0 Å². The highest BCUT2D eigenvalue weighted by Gasteiger charge is 2.22. The molecule has 2 N–H and O–H groups in total. The van der Waals surface area contributed by atoms with Gasteiger partial charge in [-0.05, 0) is 36.1 Å². The fourth-order valence-electron chi connectivity index (χ4n) is 2.13. The molecule has 0 saturated carbocycles. The molecule has 0 aliphatic carbocycles. The maximum Gasteiger partial charge on any atom is 0.267 e. The first kappa shape index (κ1) is 13.6. The quantitative estimate of drug-likeness (QED) is 0.866. The number of aromatic amines is 1. The number of piperazine rings is 1. The van der Waals surface area contributed by atoms with Crippen LogP contribution in [0.3, 0.4) is 0 Å². The van der Waals surface area contributed by atoms with Crippen LogP contribution in [0.4, 0.5) is 0 Å². The second-order valence-electron chi connectivity index (χ2n) is 4.84. The normalized spacial score (nSPS) is 22.1. The van der Waals surface area contributed by atoms with Crippen molar-refractivity contribution in [2.24, 2.45) is 0 Å². The van der Waals surface area contributed by atoms with E-state index in [0.717, 1.165) is 24.1 Å². The molecular formula is C12H19BrN4O. The maximum atomic E-state index is 11.9. The van der Waals surface area contributed by atoms with E-state index in [1.807, 2.05) is 0 Å². The summed E-state index contributed by atoms with van der Waals surface area (Å²) in [6.45, 7) is 3.80. The lowest BCUT2D eigenvalue weighted by atomic mass is 10.2. The van der Waals surface area contributed by atoms with Crippen LogP contribution < -0.4 is 5.32 Å². The van der Waals surface area contributed by atoms with Gasteiger partial charge in [0.25, 0.3) is 5.91 Å². The standard InChI is InChI=1S/C12H19BrN4O/c1-16-3-4-17(2)10(8-16)7-15-12(18)11-5-9(13)6-14-11/h5-6,10,14H,3-4,7-8H2,1-2H3,(H,15,18). The minimum atomic E-state index is -0.0534. The molecule has 1 aromatic rings. The topological polar surface area (TPSA) is 51.4 Å². The summed E-state index contributed by atoms with van der Waals surface area (Å²) in [5.74, 6) is -0.0534. The Labute approximate surface area is 116 Å². The van der Waals surface area contributed by atoms with Crippen LogP contribution in [0.25, 0.3) is 0 Å². The summed E-state index contributed by atoms with van der Waals surface area (Å²) in [7, 11) is 4.22. The van der Waals surface area contributed by atoms with Gasteiger partial charge >= 0.3 is 0 Å². The SMILES string of the molecule is CN1CCN(C)C(CNC(=O)c2cc(Br)c[nH]2)C1. The summed E-state index contributed by atoms with van der Waals surface area (Å²) in [5, 5.41) is 2.97. The lowest BCUT2D eigenvalue weighted by Gasteiger charge is -2.37. The first-order valence-corrected chi connectivity index (χ1v) is 6.86. The Bertz CT molecular complexity index is 420. The minimum Gasteiger partial charge on any atom is -0.356 e. The van der Waals surface area contributed by atoms with E-state index >= 15 is 0 Å². The van der Waals surface area contributed by atoms with E-state index in [9.17, 15) is 4.79 Å². The zero-order chi connectivity index (χ0) is 13.1. The number of nitrogens with one attached hydrogen (secondary N) is 2. The van der Waals surface area contributed by atoms with Crippen LogP contribution in [0.15, 0.2) is 16.7 Å². The third-order valence-corrected chi connectivity index (χ3v) is 3.83. The molecule has 1 aromatic heterocycles. The van der Waals surface area contributed by atoms with Crippen LogP contribution >= 0.6 is 15.9 Å². The predicted octanol–water partition coefficient (Wildman–Crippen LogP) is 0.753. The second kappa shape index (κ2) is 5.86. The molecule has 1 saturated heterocycles. The molecule has 0 radical (unpaired) electrons. The fourth-order valence-corrected chi connectivity index (χ4v) is 2.47. The van der Waals surface area contributed by atoms with Gasteiger partial charge in [-0.3, -0.25) is 9.69 Å². The number of amides is 1. The van der Waals surface area contributed by atoms with Gasteiger partial charge in [0.1, 0.15) is 5.69 Å². The van der Waals surface area contributed by atoms with Gasteiger partial charge in [0, 0.05) is 42.9 Å². The van der Waals surface area contributed by atoms with Crippen LogP contribution in [0, 0.1) is 0 Å². The summed E-state index contributed by atoms with van der Waals surface area (Å²) >= 11 is 3.32. The average Bonchev–Trinajstić information content (AvgIpc) is 2.77. The smallest absolute Gasteiger partial charge is 0.267 e. The fraction of sp³-hybridized carbons (Fsp3) is 0.583. The van der Waals surface area contributed by atoms with Gasteiger partial charge in [-0.25, -0.2) is 0 Å². The molecular weight excluding hydrogens is 296 g/mol. The Kier molecular flexibility index (Phi) is 4.42. The van der Waals surface area contributed by atoms with Crippen molar-refractivity contribution in [3.8, 4) is 0 Å². The highest BCUT2D eigenvalue weighted by atomic mass is 79.9. The van der Waals surface area contributed by atoms with Gasteiger partial charge in [-0.1, -0.05) is 0 Å². The molecule has 2 heterocycles. The van der Waals surface area contributed by atoms with Gasteiger partial charge < -0.3 is 15.2 Å². The highest BCUT2D eigenvalue weighted by Crippen LogP contribution is 2.10. The van der Waals surface area contributed by atoms with Crippen molar-refractivity contribution in [2.45, 2.75) is 6.04 Å². The first-order valence-electron chi connectivity index (χ1n) is 6.07. The Morgan fingerprint density at radius 1 is 1.56 bits per heavy atom. The number of carbonyl (C=O) groups excluding carboxylic acids is 1.